The molecular weight excluding hydrogens is 268 g/mol. The molecule has 5 nitrogen and oxygen atoms in total. The molecule has 0 saturated heterocycles. The Labute approximate surface area is 110 Å². The fourth-order valence-corrected chi connectivity index (χ4v) is 3.28. The molecule has 3 aromatic rings. The van der Waals surface area contributed by atoms with E-state index in [0.29, 0.717) is 11.7 Å². The topological polar surface area (TPSA) is 60.7 Å². The molecule has 1 aromatic carbocycles. The Hall–Kier alpha value is -1.60. The van der Waals surface area contributed by atoms with Crippen molar-refractivity contribution in [2.45, 2.75) is 11.7 Å². The van der Waals surface area contributed by atoms with Gasteiger partial charge in [-0.15, -0.1) is 21.5 Å². The monoisotopic (exact) mass is 278 g/mol. The van der Waals surface area contributed by atoms with Crippen LogP contribution in [0.4, 0.5) is 0 Å². The number of hydrogen-bond donors (Lipinski definition) is 0. The maximum absolute atomic E-state index is 11.5. The third-order valence-electron chi connectivity index (χ3n) is 2.48. The lowest BCUT2D eigenvalue weighted by Gasteiger charge is -2.00. The zero-order valence-electron chi connectivity index (χ0n) is 9.61. The molecule has 0 N–H and O–H groups in total. The highest BCUT2D eigenvalue weighted by molar-refractivity contribution is 7.84. The zero-order valence-corrected chi connectivity index (χ0v) is 11.2. The second-order valence-corrected chi connectivity index (χ2v) is 6.16. The van der Waals surface area contributed by atoms with Crippen molar-refractivity contribution in [2.75, 3.05) is 6.26 Å². The molecule has 0 aliphatic carbocycles. The van der Waals surface area contributed by atoms with E-state index in [1.54, 1.807) is 28.5 Å². The van der Waals surface area contributed by atoms with E-state index in [9.17, 15) is 4.21 Å². The Bertz CT molecular complexity index is 685. The number of hydrogen-bond acceptors (Lipinski definition) is 5. The van der Waals surface area contributed by atoms with Gasteiger partial charge in [-0.25, -0.2) is 4.98 Å². The van der Waals surface area contributed by atoms with Crippen molar-refractivity contribution in [3.05, 3.63) is 35.6 Å². The van der Waals surface area contributed by atoms with Gasteiger partial charge in [0.25, 0.3) is 0 Å². The summed E-state index contributed by atoms with van der Waals surface area (Å²) in [6.45, 7) is 0.557. The fourth-order valence-electron chi connectivity index (χ4n) is 1.71. The van der Waals surface area contributed by atoms with Crippen LogP contribution in [0.1, 0.15) is 5.01 Å². The Morgan fingerprint density at radius 1 is 1.39 bits per heavy atom. The molecule has 1 unspecified atom stereocenters. The molecule has 3 rings (SSSR count). The Balaban J connectivity index is 1.96. The number of nitrogens with zero attached hydrogens (tertiary/aromatic N) is 4. The van der Waals surface area contributed by atoms with Crippen molar-refractivity contribution in [3.63, 3.8) is 0 Å². The first-order valence-electron chi connectivity index (χ1n) is 5.30. The second-order valence-electron chi connectivity index (χ2n) is 3.77. The van der Waals surface area contributed by atoms with Gasteiger partial charge in [0, 0.05) is 6.26 Å². The van der Waals surface area contributed by atoms with Crippen LogP contribution < -0.4 is 0 Å². The summed E-state index contributed by atoms with van der Waals surface area (Å²) >= 11 is 1.63. The Morgan fingerprint density at radius 2 is 2.22 bits per heavy atom. The number of para-hydroxylation sites is 1. The molecule has 0 aliphatic rings. The smallest absolute Gasteiger partial charge is 0.221 e. The summed E-state index contributed by atoms with van der Waals surface area (Å²) in [5.41, 5.74) is 0.991. The van der Waals surface area contributed by atoms with Gasteiger partial charge in [0.05, 0.1) is 27.6 Å². The van der Waals surface area contributed by atoms with Gasteiger partial charge in [0.15, 0.2) is 0 Å². The average Bonchev–Trinajstić information content (AvgIpc) is 2.94. The van der Waals surface area contributed by atoms with Crippen molar-refractivity contribution in [1.29, 1.82) is 0 Å². The van der Waals surface area contributed by atoms with Crippen LogP contribution in [0.3, 0.4) is 0 Å². The molecule has 92 valence electrons. The van der Waals surface area contributed by atoms with Gasteiger partial charge in [-0.3, -0.25) is 8.78 Å². The molecule has 18 heavy (non-hydrogen) atoms. The summed E-state index contributed by atoms with van der Waals surface area (Å²) in [4.78, 5) is 4.53. The van der Waals surface area contributed by atoms with Gasteiger partial charge < -0.3 is 0 Å². The lowest BCUT2D eigenvalue weighted by atomic mass is 10.3. The highest BCUT2D eigenvalue weighted by Gasteiger charge is 2.10. The number of benzene rings is 1. The maximum Gasteiger partial charge on any atom is 0.221 e. The van der Waals surface area contributed by atoms with Crippen molar-refractivity contribution in [3.8, 4) is 0 Å². The standard InChI is InChI=1S/C11H10N4OS2/c1-18(16)11-14-12-7-15(11)6-10-13-8-4-2-3-5-9(8)17-10/h2-5,7H,6H2,1H3. The first-order valence-corrected chi connectivity index (χ1v) is 7.67. The molecule has 1 atom stereocenters. The number of rotatable bonds is 3. The van der Waals surface area contributed by atoms with Crippen LogP contribution in [0.15, 0.2) is 35.7 Å². The van der Waals surface area contributed by atoms with Gasteiger partial charge in [0.2, 0.25) is 5.16 Å². The number of fused-ring (bicyclic) bond motifs is 1. The number of aromatic nitrogens is 4. The van der Waals surface area contributed by atoms with E-state index in [0.717, 1.165) is 15.2 Å². The third kappa shape index (κ3) is 2.06. The van der Waals surface area contributed by atoms with Crippen LogP contribution in [-0.4, -0.2) is 30.2 Å². The van der Waals surface area contributed by atoms with Crippen molar-refractivity contribution < 1.29 is 4.21 Å². The van der Waals surface area contributed by atoms with Crippen LogP contribution >= 0.6 is 11.3 Å². The van der Waals surface area contributed by atoms with E-state index in [1.807, 2.05) is 24.3 Å². The first-order chi connectivity index (χ1) is 8.74. The Morgan fingerprint density at radius 3 is 3.00 bits per heavy atom. The summed E-state index contributed by atoms with van der Waals surface area (Å²) in [6, 6.07) is 7.99. The van der Waals surface area contributed by atoms with Crippen molar-refractivity contribution >= 4 is 32.4 Å². The van der Waals surface area contributed by atoms with Gasteiger partial charge >= 0.3 is 0 Å². The molecular formula is C11H10N4OS2. The van der Waals surface area contributed by atoms with Crippen molar-refractivity contribution in [1.82, 2.24) is 19.7 Å². The quantitative estimate of drug-likeness (QED) is 0.731. The lowest BCUT2D eigenvalue weighted by molar-refractivity contribution is 0.652. The number of thiazole rings is 1. The van der Waals surface area contributed by atoms with Crippen LogP contribution in [-0.2, 0) is 17.3 Å². The van der Waals surface area contributed by atoms with Gasteiger partial charge in [-0.2, -0.15) is 0 Å². The molecule has 0 bridgehead atoms. The molecule has 7 heteroatoms. The minimum Gasteiger partial charge on any atom is -0.300 e. The molecule has 0 saturated carbocycles. The summed E-state index contributed by atoms with van der Waals surface area (Å²) < 4.78 is 14.4. The van der Waals surface area contributed by atoms with Crippen LogP contribution in [0, 0.1) is 0 Å². The highest BCUT2D eigenvalue weighted by atomic mass is 32.2. The third-order valence-corrected chi connectivity index (χ3v) is 4.33. The summed E-state index contributed by atoms with van der Waals surface area (Å²) in [7, 11) is -1.13. The highest BCUT2D eigenvalue weighted by Crippen LogP contribution is 2.22. The second kappa shape index (κ2) is 4.58. The van der Waals surface area contributed by atoms with Crippen LogP contribution in [0.2, 0.25) is 0 Å². The SMILES string of the molecule is CS(=O)c1nncn1Cc1nc2ccccc2s1. The zero-order chi connectivity index (χ0) is 12.5. The van der Waals surface area contributed by atoms with Crippen molar-refractivity contribution in [2.24, 2.45) is 0 Å². The molecule has 0 spiro atoms. The van der Waals surface area contributed by atoms with Gasteiger partial charge in [0.1, 0.15) is 11.3 Å². The van der Waals surface area contributed by atoms with E-state index in [2.05, 4.69) is 15.2 Å². The minimum absolute atomic E-state index is 0.481. The van der Waals surface area contributed by atoms with E-state index < -0.39 is 10.8 Å². The van der Waals surface area contributed by atoms with Crippen LogP contribution in [0.25, 0.3) is 10.2 Å². The minimum atomic E-state index is -1.13. The molecule has 0 aliphatic heterocycles. The normalized spacial score (nSPS) is 12.9. The largest absolute Gasteiger partial charge is 0.300 e. The predicted octanol–water partition coefficient (Wildman–Crippen LogP) is 1.67. The fraction of sp³-hybridized carbons (Fsp3) is 0.182. The maximum atomic E-state index is 11.5. The van der Waals surface area contributed by atoms with Crippen LogP contribution in [0.5, 0.6) is 0 Å². The van der Waals surface area contributed by atoms with Gasteiger partial charge in [-0.05, 0) is 12.1 Å². The Kier molecular flexibility index (Phi) is 2.92. The van der Waals surface area contributed by atoms with Gasteiger partial charge in [-0.1, -0.05) is 12.1 Å². The summed E-state index contributed by atoms with van der Waals surface area (Å²) in [5, 5.41) is 9.09. The van der Waals surface area contributed by atoms with E-state index in [4.69, 9.17) is 0 Å². The molecule has 2 aromatic heterocycles. The first kappa shape index (κ1) is 11.5. The molecule has 0 fully saturated rings. The molecule has 2 heterocycles. The average molecular weight is 278 g/mol. The van der Waals surface area contributed by atoms with E-state index >= 15 is 0 Å². The van der Waals surface area contributed by atoms with E-state index in [1.165, 1.54) is 0 Å². The predicted molar refractivity (Wildman–Crippen MR) is 71.1 cm³/mol. The summed E-state index contributed by atoms with van der Waals surface area (Å²) in [6.07, 6.45) is 3.18. The summed E-state index contributed by atoms with van der Waals surface area (Å²) in [5.74, 6) is 0. The molecule has 0 amide bonds. The van der Waals surface area contributed by atoms with E-state index in [-0.39, 0.29) is 0 Å². The molecule has 0 radical (unpaired) electrons. The lowest BCUT2D eigenvalue weighted by Crippen LogP contribution is -2.04.